The quantitative estimate of drug-likeness (QED) is 0.511. The molecule has 0 unspecified atom stereocenters. The minimum Gasteiger partial charge on any atom is -0.484 e. The van der Waals surface area contributed by atoms with Crippen LogP contribution in [-0.4, -0.2) is 21.9 Å². The first-order chi connectivity index (χ1) is 15.0. The fourth-order valence-electron chi connectivity index (χ4n) is 3.58. The number of fused-ring (bicyclic) bond motifs is 1. The van der Waals surface area contributed by atoms with Crippen LogP contribution in [0.25, 0.3) is 0 Å². The third kappa shape index (κ3) is 5.27. The zero-order valence-corrected chi connectivity index (χ0v) is 19.0. The van der Waals surface area contributed by atoms with E-state index in [-0.39, 0.29) is 18.3 Å². The normalized spacial score (nSPS) is 12.8. The number of aryl methyl sites for hydroxylation is 3. The molecule has 1 aliphatic rings. The molecule has 1 aromatic carbocycles. The minimum absolute atomic E-state index is 0.118. The molecule has 7 nitrogen and oxygen atoms in total. The van der Waals surface area contributed by atoms with E-state index in [1.807, 2.05) is 26.0 Å². The van der Waals surface area contributed by atoms with Gasteiger partial charge in [0, 0.05) is 4.88 Å². The Morgan fingerprint density at radius 1 is 1.26 bits per heavy atom. The zero-order chi connectivity index (χ0) is 21.8. The van der Waals surface area contributed by atoms with E-state index in [1.165, 1.54) is 16.2 Å². The summed E-state index contributed by atoms with van der Waals surface area (Å²) in [5.41, 5.74) is 3.96. The number of aromatic nitrogens is 2. The largest absolute Gasteiger partial charge is 0.484 e. The predicted molar refractivity (Wildman–Crippen MR) is 120 cm³/mol. The molecule has 4 rings (SSSR count). The van der Waals surface area contributed by atoms with Crippen molar-refractivity contribution in [2.45, 2.75) is 51.4 Å². The fraction of sp³-hybridized carbons (Fsp3) is 0.364. The van der Waals surface area contributed by atoms with Crippen LogP contribution in [0.3, 0.4) is 0 Å². The van der Waals surface area contributed by atoms with E-state index in [0.29, 0.717) is 21.7 Å². The van der Waals surface area contributed by atoms with Gasteiger partial charge in [0.2, 0.25) is 5.91 Å². The van der Waals surface area contributed by atoms with Gasteiger partial charge in [0.05, 0.1) is 11.3 Å². The number of thiophene rings is 1. The summed E-state index contributed by atoms with van der Waals surface area (Å²) in [6.45, 7) is 4.18. The van der Waals surface area contributed by atoms with Crippen molar-refractivity contribution in [2.75, 3.05) is 11.1 Å². The number of nitriles is 1. The van der Waals surface area contributed by atoms with Gasteiger partial charge in [0.25, 0.3) is 11.1 Å². The Bertz CT molecular complexity index is 1130. The van der Waals surface area contributed by atoms with Crippen LogP contribution in [0.15, 0.2) is 27.8 Å². The maximum absolute atomic E-state index is 12.4. The van der Waals surface area contributed by atoms with Gasteiger partial charge in [-0.3, -0.25) is 4.79 Å². The first kappa shape index (κ1) is 21.4. The Kier molecular flexibility index (Phi) is 6.59. The smallest absolute Gasteiger partial charge is 0.277 e. The van der Waals surface area contributed by atoms with Gasteiger partial charge < -0.3 is 14.5 Å². The van der Waals surface area contributed by atoms with Crippen molar-refractivity contribution in [3.05, 3.63) is 51.2 Å². The third-order valence-electron chi connectivity index (χ3n) is 4.87. The molecule has 3 aromatic rings. The first-order valence-electron chi connectivity index (χ1n) is 10.0. The van der Waals surface area contributed by atoms with Crippen molar-refractivity contribution >= 4 is 34.0 Å². The highest BCUT2D eigenvalue weighted by atomic mass is 32.2. The van der Waals surface area contributed by atoms with E-state index in [0.717, 1.165) is 59.9 Å². The summed E-state index contributed by atoms with van der Waals surface area (Å²) in [5, 5.41) is 21.3. The lowest BCUT2D eigenvalue weighted by Crippen LogP contribution is -2.14. The highest BCUT2D eigenvalue weighted by Gasteiger charge is 2.22. The van der Waals surface area contributed by atoms with Gasteiger partial charge >= 0.3 is 0 Å². The molecule has 9 heteroatoms. The second-order valence-electron chi connectivity index (χ2n) is 7.44. The van der Waals surface area contributed by atoms with Crippen molar-refractivity contribution in [1.29, 1.82) is 5.26 Å². The van der Waals surface area contributed by atoms with Gasteiger partial charge in [0.1, 0.15) is 16.8 Å². The Balaban J connectivity index is 1.30. The van der Waals surface area contributed by atoms with Crippen molar-refractivity contribution in [3.63, 3.8) is 0 Å². The van der Waals surface area contributed by atoms with Crippen LogP contribution in [0.2, 0.25) is 0 Å². The molecule has 1 amide bonds. The van der Waals surface area contributed by atoms with Gasteiger partial charge in [-0.1, -0.05) is 17.8 Å². The van der Waals surface area contributed by atoms with Gasteiger partial charge in [-0.25, -0.2) is 0 Å². The number of carbonyl (C=O) groups is 1. The molecule has 0 spiro atoms. The number of nitrogens with one attached hydrogen (secondary N) is 1. The lowest BCUT2D eigenvalue weighted by Gasteiger charge is -2.09. The molecule has 0 fully saturated rings. The molecule has 0 saturated carbocycles. The Morgan fingerprint density at radius 3 is 2.81 bits per heavy atom. The van der Waals surface area contributed by atoms with Gasteiger partial charge in [-0.2, -0.15) is 5.26 Å². The second-order valence-corrected chi connectivity index (χ2v) is 9.47. The van der Waals surface area contributed by atoms with E-state index in [4.69, 9.17) is 9.15 Å². The number of anilines is 1. The fourth-order valence-corrected chi connectivity index (χ4v) is 5.41. The minimum atomic E-state index is -0.202. The molecule has 0 bridgehead atoms. The molecule has 1 N–H and O–H groups in total. The van der Waals surface area contributed by atoms with E-state index in [2.05, 4.69) is 27.6 Å². The number of nitrogens with zero attached hydrogens (tertiary/aromatic N) is 3. The number of hydrogen-bond donors (Lipinski definition) is 1. The highest BCUT2D eigenvalue weighted by Crippen LogP contribution is 2.37. The third-order valence-corrected chi connectivity index (χ3v) is 6.89. The monoisotopic (exact) mass is 454 g/mol. The number of benzene rings is 1. The van der Waals surface area contributed by atoms with E-state index >= 15 is 0 Å². The van der Waals surface area contributed by atoms with E-state index < -0.39 is 0 Å². The van der Waals surface area contributed by atoms with Crippen molar-refractivity contribution in [1.82, 2.24) is 10.2 Å². The summed E-state index contributed by atoms with van der Waals surface area (Å²) >= 11 is 2.67. The van der Waals surface area contributed by atoms with Gasteiger partial charge in [-0.05, 0) is 68.4 Å². The molecule has 2 aromatic heterocycles. The number of amides is 1. The summed E-state index contributed by atoms with van der Waals surface area (Å²) in [6, 6.07) is 8.22. The molecule has 0 atom stereocenters. The average Bonchev–Trinajstić information content (AvgIpc) is 3.33. The number of carbonyl (C=O) groups excluding carboxylic acids is 1. The van der Waals surface area contributed by atoms with Crippen LogP contribution in [0.4, 0.5) is 5.00 Å². The Labute approximate surface area is 188 Å². The van der Waals surface area contributed by atoms with Crippen molar-refractivity contribution in [3.8, 4) is 11.8 Å². The topological polar surface area (TPSA) is 101 Å². The maximum atomic E-state index is 12.4. The van der Waals surface area contributed by atoms with E-state index in [9.17, 15) is 10.1 Å². The molecule has 2 heterocycles. The maximum Gasteiger partial charge on any atom is 0.277 e. The summed E-state index contributed by atoms with van der Waals surface area (Å²) in [5.74, 6) is 1.01. The van der Waals surface area contributed by atoms with Crippen molar-refractivity contribution in [2.24, 2.45) is 0 Å². The number of ether oxygens (including phenoxy) is 1. The SMILES string of the molecule is Cc1cc(C)cc(OCc2nnc(SCC(=O)Nc3sc4c(c3C#N)CCCC4)o2)c1. The zero-order valence-electron chi connectivity index (χ0n) is 17.4. The average molecular weight is 455 g/mol. The Morgan fingerprint density at radius 2 is 2.03 bits per heavy atom. The lowest BCUT2D eigenvalue weighted by molar-refractivity contribution is -0.113. The molecule has 0 aliphatic heterocycles. The van der Waals surface area contributed by atoms with Crippen LogP contribution in [0, 0.1) is 25.2 Å². The number of thioether (sulfide) groups is 1. The van der Waals surface area contributed by atoms with Crippen LogP contribution in [0.5, 0.6) is 5.75 Å². The van der Waals surface area contributed by atoms with Crippen LogP contribution in [0.1, 0.15) is 45.9 Å². The predicted octanol–water partition coefficient (Wildman–Crippen LogP) is 4.81. The highest BCUT2D eigenvalue weighted by molar-refractivity contribution is 7.99. The molecule has 31 heavy (non-hydrogen) atoms. The molecular weight excluding hydrogens is 432 g/mol. The summed E-state index contributed by atoms with van der Waals surface area (Å²) in [4.78, 5) is 13.6. The lowest BCUT2D eigenvalue weighted by atomic mass is 9.96. The second kappa shape index (κ2) is 9.54. The molecule has 0 saturated heterocycles. The Hall–Kier alpha value is -2.83. The van der Waals surface area contributed by atoms with Crippen LogP contribution < -0.4 is 10.1 Å². The molecule has 160 valence electrons. The number of hydrogen-bond acceptors (Lipinski definition) is 8. The van der Waals surface area contributed by atoms with Crippen molar-refractivity contribution < 1.29 is 13.9 Å². The van der Waals surface area contributed by atoms with Crippen LogP contribution >= 0.6 is 23.1 Å². The standard InChI is InChI=1S/C22H22N4O3S2/c1-13-7-14(2)9-15(8-13)28-11-20-25-26-22(29-20)30-12-19(27)24-21-17(10-23)16-5-3-4-6-18(16)31-21/h7-9H,3-6,11-12H2,1-2H3,(H,24,27). The summed E-state index contributed by atoms with van der Waals surface area (Å²) in [7, 11) is 0. The van der Waals surface area contributed by atoms with Gasteiger partial charge in [0.15, 0.2) is 6.61 Å². The summed E-state index contributed by atoms with van der Waals surface area (Å²) in [6.07, 6.45) is 4.12. The molecule has 1 aliphatic carbocycles. The van der Waals surface area contributed by atoms with Crippen LogP contribution in [-0.2, 0) is 24.2 Å². The molecule has 0 radical (unpaired) electrons. The summed E-state index contributed by atoms with van der Waals surface area (Å²) < 4.78 is 11.3. The number of rotatable bonds is 7. The first-order valence-corrected chi connectivity index (χ1v) is 11.8. The van der Waals surface area contributed by atoms with Gasteiger partial charge in [-0.15, -0.1) is 21.5 Å². The van der Waals surface area contributed by atoms with E-state index in [1.54, 1.807) is 0 Å². The molecular formula is C22H22N4O3S2.